The molecule has 1 N–H and O–H groups in total. The number of carbonyl (C=O) groups excluding carboxylic acids is 1. The number of carbonyl (C=O) groups is 1. The van der Waals surface area contributed by atoms with Gasteiger partial charge >= 0.3 is 0 Å². The van der Waals surface area contributed by atoms with E-state index in [0.717, 1.165) is 5.56 Å². The van der Waals surface area contributed by atoms with Crippen LogP contribution in [-0.4, -0.2) is 29.8 Å². The van der Waals surface area contributed by atoms with Gasteiger partial charge in [0, 0.05) is 18.2 Å². The number of hydrogen-bond acceptors (Lipinski definition) is 5. The Labute approximate surface area is 138 Å². The maximum Gasteiger partial charge on any atom is 0.269 e. The minimum absolute atomic E-state index is 0.312. The molecule has 0 radical (unpaired) electrons. The maximum absolute atomic E-state index is 12.2. The summed E-state index contributed by atoms with van der Waals surface area (Å²) in [6, 6.07) is 10.7. The van der Waals surface area contributed by atoms with Crippen LogP contribution in [0.3, 0.4) is 0 Å². The Hall–Kier alpha value is -2.60. The summed E-state index contributed by atoms with van der Waals surface area (Å²) >= 11 is 5.76. The van der Waals surface area contributed by atoms with E-state index in [1.807, 2.05) is 24.3 Å². The molecule has 0 saturated carbocycles. The predicted octanol–water partition coefficient (Wildman–Crippen LogP) is 2.88. The number of nitrogens with zero attached hydrogens (tertiary/aromatic N) is 2. The average Bonchev–Trinajstić information content (AvgIpc) is 3.07. The highest BCUT2D eigenvalue weighted by molar-refractivity contribution is 6.30. The van der Waals surface area contributed by atoms with E-state index < -0.39 is 6.10 Å². The van der Waals surface area contributed by atoms with Gasteiger partial charge in [0.05, 0.1) is 17.8 Å². The first-order chi connectivity index (χ1) is 11.2. The van der Waals surface area contributed by atoms with Crippen LogP contribution >= 0.6 is 11.6 Å². The summed E-state index contributed by atoms with van der Waals surface area (Å²) in [6.45, 7) is 0. The molecule has 2 aromatic rings. The number of halogens is 1. The molecule has 0 bridgehead atoms. The van der Waals surface area contributed by atoms with E-state index in [-0.39, 0.29) is 5.91 Å². The number of oxime groups is 1. The number of amides is 1. The van der Waals surface area contributed by atoms with Crippen molar-refractivity contribution < 1.29 is 14.4 Å². The van der Waals surface area contributed by atoms with E-state index in [9.17, 15) is 4.79 Å². The molecule has 3 rings (SSSR count). The SMILES string of the molecule is COc1ccccc1C1=NO[C@H](C(=O)Nc2ccc(Cl)cn2)C1. The van der Waals surface area contributed by atoms with Crippen molar-refractivity contribution in [1.29, 1.82) is 0 Å². The summed E-state index contributed by atoms with van der Waals surface area (Å²) < 4.78 is 5.30. The van der Waals surface area contributed by atoms with Gasteiger partial charge in [0.2, 0.25) is 6.10 Å². The number of nitrogens with one attached hydrogen (secondary N) is 1. The number of methoxy groups -OCH3 is 1. The van der Waals surface area contributed by atoms with Gasteiger partial charge in [-0.05, 0) is 24.3 Å². The van der Waals surface area contributed by atoms with Crippen LogP contribution < -0.4 is 10.1 Å². The highest BCUT2D eigenvalue weighted by atomic mass is 35.5. The van der Waals surface area contributed by atoms with Gasteiger partial charge in [-0.15, -0.1) is 0 Å². The molecule has 1 aliphatic heterocycles. The summed E-state index contributed by atoms with van der Waals surface area (Å²) in [7, 11) is 1.59. The van der Waals surface area contributed by atoms with Gasteiger partial charge in [-0.3, -0.25) is 4.79 Å². The van der Waals surface area contributed by atoms with Gasteiger partial charge in [-0.1, -0.05) is 28.9 Å². The highest BCUT2D eigenvalue weighted by Gasteiger charge is 2.30. The Kier molecular flexibility index (Phi) is 4.43. The third-order valence-electron chi connectivity index (χ3n) is 3.36. The zero-order chi connectivity index (χ0) is 16.2. The molecular weight excluding hydrogens is 318 g/mol. The fourth-order valence-corrected chi connectivity index (χ4v) is 2.33. The Morgan fingerprint density at radius 3 is 2.91 bits per heavy atom. The summed E-state index contributed by atoms with van der Waals surface area (Å²) in [4.78, 5) is 21.5. The van der Waals surface area contributed by atoms with E-state index in [0.29, 0.717) is 28.7 Å². The molecule has 0 fully saturated rings. The lowest BCUT2D eigenvalue weighted by Crippen LogP contribution is -2.28. The number of pyridine rings is 1. The molecule has 0 aliphatic carbocycles. The van der Waals surface area contributed by atoms with E-state index >= 15 is 0 Å². The molecule has 0 spiro atoms. The first-order valence-electron chi connectivity index (χ1n) is 6.96. The van der Waals surface area contributed by atoms with E-state index in [4.69, 9.17) is 21.2 Å². The molecule has 1 aliphatic rings. The van der Waals surface area contributed by atoms with Gasteiger partial charge in [0.15, 0.2) is 0 Å². The van der Waals surface area contributed by atoms with Crippen molar-refractivity contribution in [2.45, 2.75) is 12.5 Å². The molecule has 0 saturated heterocycles. The normalized spacial score (nSPS) is 16.4. The first kappa shape index (κ1) is 15.3. The number of rotatable bonds is 4. The van der Waals surface area contributed by atoms with Gasteiger partial charge < -0.3 is 14.9 Å². The van der Waals surface area contributed by atoms with Crippen molar-refractivity contribution in [2.75, 3.05) is 12.4 Å². The number of benzene rings is 1. The maximum atomic E-state index is 12.2. The average molecular weight is 332 g/mol. The fraction of sp³-hybridized carbons (Fsp3) is 0.188. The molecule has 1 atom stereocenters. The summed E-state index contributed by atoms with van der Waals surface area (Å²) in [5.74, 6) is 0.789. The van der Waals surface area contributed by atoms with Crippen LogP contribution in [0, 0.1) is 0 Å². The number of ether oxygens (including phenoxy) is 1. The van der Waals surface area contributed by atoms with Crippen LogP contribution in [0.4, 0.5) is 5.82 Å². The monoisotopic (exact) mass is 331 g/mol. The predicted molar refractivity (Wildman–Crippen MR) is 86.9 cm³/mol. The van der Waals surface area contributed by atoms with Gasteiger partial charge in [0.25, 0.3) is 5.91 Å². The van der Waals surface area contributed by atoms with Crippen molar-refractivity contribution in [3.63, 3.8) is 0 Å². The second-order valence-electron chi connectivity index (χ2n) is 4.89. The topological polar surface area (TPSA) is 72.8 Å². The second-order valence-corrected chi connectivity index (χ2v) is 5.32. The lowest BCUT2D eigenvalue weighted by Gasteiger charge is -2.09. The lowest BCUT2D eigenvalue weighted by molar-refractivity contribution is -0.125. The Balaban J connectivity index is 1.66. The lowest BCUT2D eigenvalue weighted by atomic mass is 10.0. The number of para-hydroxylation sites is 1. The zero-order valence-electron chi connectivity index (χ0n) is 12.3. The van der Waals surface area contributed by atoms with Crippen molar-refractivity contribution in [1.82, 2.24) is 4.98 Å². The minimum atomic E-state index is -0.701. The molecule has 118 valence electrons. The highest BCUT2D eigenvalue weighted by Crippen LogP contribution is 2.25. The number of anilines is 1. The summed E-state index contributed by atoms with van der Waals surface area (Å²) in [5.41, 5.74) is 1.49. The van der Waals surface area contributed by atoms with Crippen molar-refractivity contribution >= 4 is 29.0 Å². The zero-order valence-corrected chi connectivity index (χ0v) is 13.1. The Morgan fingerprint density at radius 2 is 2.17 bits per heavy atom. The second kappa shape index (κ2) is 6.66. The summed E-state index contributed by atoms with van der Waals surface area (Å²) in [6.07, 6.45) is 1.12. The quantitative estimate of drug-likeness (QED) is 0.935. The number of aromatic nitrogens is 1. The van der Waals surface area contributed by atoms with E-state index in [2.05, 4.69) is 15.5 Å². The molecule has 7 heteroatoms. The van der Waals surface area contributed by atoms with Crippen molar-refractivity contribution in [3.05, 3.63) is 53.2 Å². The third kappa shape index (κ3) is 3.43. The van der Waals surface area contributed by atoms with Crippen LogP contribution in [0.25, 0.3) is 0 Å². The summed E-state index contributed by atoms with van der Waals surface area (Å²) in [5, 5.41) is 7.18. The van der Waals surface area contributed by atoms with E-state index in [1.54, 1.807) is 19.2 Å². The largest absolute Gasteiger partial charge is 0.496 e. The number of hydrogen-bond donors (Lipinski definition) is 1. The molecule has 1 amide bonds. The standard InChI is InChI=1S/C16H14ClN3O3/c1-22-13-5-3-2-4-11(13)12-8-14(23-20-12)16(21)19-15-7-6-10(17)9-18-15/h2-7,9,14H,8H2,1H3,(H,18,19,21)/t14-/m0/s1. The van der Waals surface area contributed by atoms with Crippen LogP contribution in [0.5, 0.6) is 5.75 Å². The van der Waals surface area contributed by atoms with Crippen molar-refractivity contribution in [2.24, 2.45) is 5.16 Å². The minimum Gasteiger partial charge on any atom is -0.496 e. The van der Waals surface area contributed by atoms with Crippen LogP contribution in [-0.2, 0) is 9.63 Å². The third-order valence-corrected chi connectivity index (χ3v) is 3.58. The first-order valence-corrected chi connectivity index (χ1v) is 7.33. The van der Waals surface area contributed by atoms with Gasteiger partial charge in [0.1, 0.15) is 11.6 Å². The Bertz CT molecular complexity index is 746. The molecule has 2 heterocycles. The molecule has 0 unspecified atom stereocenters. The van der Waals surface area contributed by atoms with Gasteiger partial charge in [-0.25, -0.2) is 4.98 Å². The van der Waals surface area contributed by atoms with Gasteiger partial charge in [-0.2, -0.15) is 0 Å². The van der Waals surface area contributed by atoms with Crippen LogP contribution in [0.1, 0.15) is 12.0 Å². The Morgan fingerprint density at radius 1 is 1.35 bits per heavy atom. The molecule has 1 aromatic heterocycles. The molecular formula is C16H14ClN3O3. The molecule has 1 aromatic carbocycles. The van der Waals surface area contributed by atoms with E-state index in [1.165, 1.54) is 6.20 Å². The van der Waals surface area contributed by atoms with Crippen LogP contribution in [0.15, 0.2) is 47.8 Å². The molecule has 6 nitrogen and oxygen atoms in total. The smallest absolute Gasteiger partial charge is 0.269 e. The van der Waals surface area contributed by atoms with Crippen molar-refractivity contribution in [3.8, 4) is 5.75 Å². The fourth-order valence-electron chi connectivity index (χ4n) is 2.22. The van der Waals surface area contributed by atoms with Crippen LogP contribution in [0.2, 0.25) is 5.02 Å². The molecule has 23 heavy (non-hydrogen) atoms.